The van der Waals surface area contributed by atoms with Crippen molar-refractivity contribution in [3.8, 4) is 0 Å². The molecule has 16 heavy (non-hydrogen) atoms. The Labute approximate surface area is 105 Å². The fourth-order valence-electron chi connectivity index (χ4n) is 1.50. The number of rotatable bonds is 5. The van der Waals surface area contributed by atoms with E-state index >= 15 is 0 Å². The van der Waals surface area contributed by atoms with Crippen molar-refractivity contribution in [1.29, 1.82) is 5.41 Å². The lowest BCUT2D eigenvalue weighted by atomic mass is 10.2. The number of benzene rings is 1. The van der Waals surface area contributed by atoms with Crippen molar-refractivity contribution < 1.29 is 0 Å². The van der Waals surface area contributed by atoms with Gasteiger partial charge < -0.3 is 10.6 Å². The zero-order valence-corrected chi connectivity index (χ0v) is 11.3. The molecule has 0 aliphatic rings. The van der Waals surface area contributed by atoms with Crippen LogP contribution < -0.4 is 10.6 Å². The minimum atomic E-state index is 0.100. The Balaban J connectivity index is 2.85. The van der Waals surface area contributed by atoms with Gasteiger partial charge in [0.15, 0.2) is 0 Å². The van der Waals surface area contributed by atoms with Crippen LogP contribution in [-0.4, -0.2) is 19.4 Å². The molecule has 0 saturated carbocycles. The Kier molecular flexibility index (Phi) is 4.80. The average Bonchev–Trinajstić information content (AvgIpc) is 2.25. The number of amidine groups is 1. The summed E-state index contributed by atoms with van der Waals surface area (Å²) in [5.41, 5.74) is 7.32. The molecule has 0 radical (unpaired) electrons. The van der Waals surface area contributed by atoms with Gasteiger partial charge in [0.1, 0.15) is 5.84 Å². The molecule has 0 aliphatic heterocycles. The maximum atomic E-state index is 7.36. The number of hydrogen-bond donors (Lipinski definition) is 2. The molecule has 0 spiro atoms. The van der Waals surface area contributed by atoms with Crippen molar-refractivity contribution in [3.05, 3.63) is 28.2 Å². The summed E-state index contributed by atoms with van der Waals surface area (Å²) in [6.45, 7) is 3.22. The van der Waals surface area contributed by atoms with E-state index in [1.807, 2.05) is 18.2 Å². The average molecular weight is 284 g/mol. The van der Waals surface area contributed by atoms with Crippen LogP contribution in [0.15, 0.2) is 22.7 Å². The number of hydrogen-bond acceptors (Lipinski definition) is 2. The lowest BCUT2D eigenvalue weighted by Gasteiger charge is -2.20. The summed E-state index contributed by atoms with van der Waals surface area (Å²) in [5, 5.41) is 7.36. The molecular weight excluding hydrogens is 266 g/mol. The van der Waals surface area contributed by atoms with E-state index in [1.54, 1.807) is 0 Å². The number of anilines is 1. The Bertz CT molecular complexity index is 377. The highest BCUT2D eigenvalue weighted by atomic mass is 79.9. The molecule has 0 heterocycles. The molecule has 0 fully saturated rings. The number of nitrogens with zero attached hydrogens (tertiary/aromatic N) is 1. The van der Waals surface area contributed by atoms with E-state index in [4.69, 9.17) is 11.1 Å². The quantitative estimate of drug-likeness (QED) is 0.645. The lowest BCUT2D eigenvalue weighted by Crippen LogP contribution is -2.19. The first kappa shape index (κ1) is 13.0. The number of unbranched alkanes of at least 4 members (excludes halogenated alkanes) is 1. The molecule has 0 atom stereocenters. The summed E-state index contributed by atoms with van der Waals surface area (Å²) in [5.74, 6) is 0.100. The van der Waals surface area contributed by atoms with Gasteiger partial charge >= 0.3 is 0 Å². The maximum Gasteiger partial charge on any atom is 0.122 e. The van der Waals surface area contributed by atoms with E-state index in [2.05, 4.69) is 34.8 Å². The normalized spacial score (nSPS) is 10.2. The predicted molar refractivity (Wildman–Crippen MR) is 73.3 cm³/mol. The van der Waals surface area contributed by atoms with Gasteiger partial charge in [0.25, 0.3) is 0 Å². The van der Waals surface area contributed by atoms with Gasteiger partial charge in [-0.3, -0.25) is 5.41 Å². The third-order valence-corrected chi connectivity index (χ3v) is 3.15. The van der Waals surface area contributed by atoms with Gasteiger partial charge in [-0.2, -0.15) is 0 Å². The molecule has 3 nitrogen and oxygen atoms in total. The second-order valence-electron chi connectivity index (χ2n) is 3.85. The Morgan fingerprint density at radius 3 is 2.69 bits per heavy atom. The SMILES string of the molecule is CCCCN(C)c1ccc(C(=N)N)cc1Br. The summed E-state index contributed by atoms with van der Waals surface area (Å²) < 4.78 is 0.985. The highest BCUT2D eigenvalue weighted by Crippen LogP contribution is 2.26. The zero-order chi connectivity index (χ0) is 12.1. The molecule has 1 aromatic carbocycles. The fourth-order valence-corrected chi connectivity index (χ4v) is 2.18. The monoisotopic (exact) mass is 283 g/mol. The van der Waals surface area contributed by atoms with Crippen LogP contribution in [-0.2, 0) is 0 Å². The molecule has 0 aliphatic carbocycles. The number of nitrogens with two attached hydrogens (primary N) is 1. The van der Waals surface area contributed by atoms with Crippen molar-refractivity contribution in [2.75, 3.05) is 18.5 Å². The summed E-state index contributed by atoms with van der Waals surface area (Å²) >= 11 is 3.51. The fraction of sp³-hybridized carbons (Fsp3) is 0.417. The highest BCUT2D eigenvalue weighted by molar-refractivity contribution is 9.10. The summed E-state index contributed by atoms with van der Waals surface area (Å²) in [6, 6.07) is 5.77. The van der Waals surface area contributed by atoms with Crippen LogP contribution in [0.1, 0.15) is 25.3 Å². The summed E-state index contributed by atoms with van der Waals surface area (Å²) in [4.78, 5) is 2.21. The first-order chi connectivity index (χ1) is 7.56. The van der Waals surface area contributed by atoms with Crippen molar-refractivity contribution in [2.45, 2.75) is 19.8 Å². The zero-order valence-electron chi connectivity index (χ0n) is 9.76. The third kappa shape index (κ3) is 3.23. The first-order valence-electron chi connectivity index (χ1n) is 5.41. The van der Waals surface area contributed by atoms with Gasteiger partial charge in [-0.25, -0.2) is 0 Å². The second-order valence-corrected chi connectivity index (χ2v) is 4.71. The maximum absolute atomic E-state index is 7.36. The summed E-state index contributed by atoms with van der Waals surface area (Å²) in [7, 11) is 2.07. The Morgan fingerprint density at radius 2 is 2.19 bits per heavy atom. The van der Waals surface area contributed by atoms with Gasteiger partial charge in [0.2, 0.25) is 0 Å². The number of nitrogens with one attached hydrogen (secondary N) is 1. The highest BCUT2D eigenvalue weighted by Gasteiger charge is 2.07. The molecule has 0 aromatic heterocycles. The van der Waals surface area contributed by atoms with Crippen molar-refractivity contribution >= 4 is 27.5 Å². The topological polar surface area (TPSA) is 53.1 Å². The van der Waals surface area contributed by atoms with Crippen molar-refractivity contribution in [3.63, 3.8) is 0 Å². The van der Waals surface area contributed by atoms with Crippen molar-refractivity contribution in [1.82, 2.24) is 0 Å². The molecular formula is C12H18BrN3. The lowest BCUT2D eigenvalue weighted by molar-refractivity contribution is 0.766. The van der Waals surface area contributed by atoms with Crippen LogP contribution in [0.4, 0.5) is 5.69 Å². The largest absolute Gasteiger partial charge is 0.384 e. The molecule has 0 unspecified atom stereocenters. The van der Waals surface area contributed by atoms with E-state index in [9.17, 15) is 0 Å². The van der Waals surface area contributed by atoms with Gasteiger partial charge in [0, 0.05) is 23.6 Å². The van der Waals surface area contributed by atoms with Crippen LogP contribution in [0, 0.1) is 5.41 Å². The number of halogens is 1. The number of nitrogen functional groups attached to an aromatic ring is 1. The molecule has 3 N–H and O–H groups in total. The standard InChI is InChI=1S/C12H18BrN3/c1-3-4-7-16(2)11-6-5-9(12(14)15)8-10(11)13/h5-6,8H,3-4,7H2,1-2H3,(H3,14,15). The van der Waals surface area contributed by atoms with Crippen LogP contribution >= 0.6 is 15.9 Å². The van der Waals surface area contributed by atoms with Crippen molar-refractivity contribution in [2.24, 2.45) is 5.73 Å². The Morgan fingerprint density at radius 1 is 1.50 bits per heavy atom. The van der Waals surface area contributed by atoms with E-state index in [1.165, 1.54) is 12.8 Å². The molecule has 0 bridgehead atoms. The van der Waals surface area contributed by atoms with E-state index in [-0.39, 0.29) is 5.84 Å². The Hall–Kier alpha value is -1.03. The van der Waals surface area contributed by atoms with Crippen LogP contribution in [0.25, 0.3) is 0 Å². The van der Waals surface area contributed by atoms with E-state index in [0.717, 1.165) is 22.3 Å². The smallest absolute Gasteiger partial charge is 0.122 e. The van der Waals surface area contributed by atoms with Gasteiger partial charge in [-0.15, -0.1) is 0 Å². The molecule has 1 rings (SSSR count). The van der Waals surface area contributed by atoms with E-state index in [0.29, 0.717) is 0 Å². The van der Waals surface area contributed by atoms with Gasteiger partial charge in [-0.05, 0) is 40.5 Å². The second kappa shape index (κ2) is 5.89. The molecule has 88 valence electrons. The van der Waals surface area contributed by atoms with E-state index < -0.39 is 0 Å². The predicted octanol–water partition coefficient (Wildman–Crippen LogP) is 2.97. The van der Waals surface area contributed by atoms with Crippen LogP contribution in [0.5, 0.6) is 0 Å². The molecule has 4 heteroatoms. The molecule has 1 aromatic rings. The molecule has 0 amide bonds. The summed E-state index contributed by atoms with van der Waals surface area (Å²) in [6.07, 6.45) is 2.37. The minimum absolute atomic E-state index is 0.100. The minimum Gasteiger partial charge on any atom is -0.384 e. The first-order valence-corrected chi connectivity index (χ1v) is 6.20. The van der Waals surface area contributed by atoms with Gasteiger partial charge in [0.05, 0.1) is 5.69 Å². The molecule has 0 saturated heterocycles. The van der Waals surface area contributed by atoms with Crippen LogP contribution in [0.3, 0.4) is 0 Å². The van der Waals surface area contributed by atoms with Gasteiger partial charge in [-0.1, -0.05) is 13.3 Å². The third-order valence-electron chi connectivity index (χ3n) is 2.52. The van der Waals surface area contributed by atoms with Crippen LogP contribution in [0.2, 0.25) is 0 Å².